The van der Waals surface area contributed by atoms with Crippen LogP contribution in [0.2, 0.25) is 0 Å². The molecule has 0 aliphatic rings. The summed E-state index contributed by atoms with van der Waals surface area (Å²) in [6.07, 6.45) is 1.14. The Morgan fingerprint density at radius 3 is 2.73 bits per heavy atom. The maximum Gasteiger partial charge on any atom is -0.00296 e. The molecule has 1 unspecified atom stereocenters. The van der Waals surface area contributed by atoms with Crippen LogP contribution >= 0.6 is 11.8 Å². The SMILES string of the molecule is C=C(C)CCSCC(C)CN. The Morgan fingerprint density at radius 2 is 2.27 bits per heavy atom. The molecule has 0 saturated carbocycles. The minimum absolute atomic E-state index is 0.658. The summed E-state index contributed by atoms with van der Waals surface area (Å²) in [4.78, 5) is 0. The molecule has 0 aromatic carbocycles. The van der Waals surface area contributed by atoms with Gasteiger partial charge < -0.3 is 5.73 Å². The number of rotatable bonds is 6. The van der Waals surface area contributed by atoms with E-state index in [1.807, 2.05) is 11.8 Å². The van der Waals surface area contributed by atoms with Crippen LogP contribution in [0.15, 0.2) is 12.2 Å². The van der Waals surface area contributed by atoms with E-state index in [1.54, 1.807) is 0 Å². The number of thioether (sulfide) groups is 1. The van der Waals surface area contributed by atoms with Crippen LogP contribution in [0.3, 0.4) is 0 Å². The van der Waals surface area contributed by atoms with Crippen LogP contribution in [0, 0.1) is 5.92 Å². The normalized spacial score (nSPS) is 13.0. The lowest BCUT2D eigenvalue weighted by molar-refractivity contribution is 0.675. The Kier molecular flexibility index (Phi) is 6.77. The Bertz CT molecular complexity index is 112. The zero-order chi connectivity index (χ0) is 8.69. The Morgan fingerprint density at radius 1 is 1.64 bits per heavy atom. The van der Waals surface area contributed by atoms with Gasteiger partial charge in [0.1, 0.15) is 0 Å². The molecule has 0 heterocycles. The van der Waals surface area contributed by atoms with Crippen molar-refractivity contribution in [3.05, 3.63) is 12.2 Å². The van der Waals surface area contributed by atoms with Crippen molar-refractivity contribution < 1.29 is 0 Å². The summed E-state index contributed by atoms with van der Waals surface area (Å²) >= 11 is 1.97. The van der Waals surface area contributed by atoms with Gasteiger partial charge >= 0.3 is 0 Å². The summed E-state index contributed by atoms with van der Waals surface area (Å²) in [5.74, 6) is 3.04. The van der Waals surface area contributed by atoms with E-state index in [0.717, 1.165) is 13.0 Å². The summed E-state index contributed by atoms with van der Waals surface area (Å²) < 4.78 is 0. The molecule has 0 rings (SSSR count). The lowest BCUT2D eigenvalue weighted by Gasteiger charge is -2.06. The highest BCUT2D eigenvalue weighted by molar-refractivity contribution is 7.99. The van der Waals surface area contributed by atoms with Crippen molar-refractivity contribution >= 4 is 11.8 Å². The smallest absolute Gasteiger partial charge is 0.00296 e. The molecule has 11 heavy (non-hydrogen) atoms. The first-order valence-corrected chi connectivity index (χ1v) is 5.24. The van der Waals surface area contributed by atoms with Gasteiger partial charge in [-0.15, -0.1) is 6.58 Å². The van der Waals surface area contributed by atoms with Gasteiger partial charge in [-0.3, -0.25) is 0 Å². The molecule has 0 aromatic rings. The monoisotopic (exact) mass is 173 g/mol. The summed E-state index contributed by atoms with van der Waals surface area (Å²) in [6, 6.07) is 0. The van der Waals surface area contributed by atoms with Crippen molar-refractivity contribution in [2.75, 3.05) is 18.1 Å². The number of allylic oxidation sites excluding steroid dienone is 1. The summed E-state index contributed by atoms with van der Waals surface area (Å²) in [7, 11) is 0. The van der Waals surface area contributed by atoms with Crippen LogP contribution < -0.4 is 5.73 Å². The molecule has 0 spiro atoms. The largest absolute Gasteiger partial charge is 0.330 e. The third-order valence-electron chi connectivity index (χ3n) is 1.48. The van der Waals surface area contributed by atoms with Gasteiger partial charge in [0.15, 0.2) is 0 Å². The molecule has 0 bridgehead atoms. The van der Waals surface area contributed by atoms with Crippen molar-refractivity contribution in [1.82, 2.24) is 0 Å². The van der Waals surface area contributed by atoms with Gasteiger partial charge in [-0.05, 0) is 37.3 Å². The van der Waals surface area contributed by atoms with E-state index in [0.29, 0.717) is 5.92 Å². The molecule has 0 fully saturated rings. The molecule has 0 amide bonds. The minimum atomic E-state index is 0.658. The first kappa shape index (κ1) is 11.1. The van der Waals surface area contributed by atoms with Crippen molar-refractivity contribution in [2.45, 2.75) is 20.3 Å². The summed E-state index contributed by atoms with van der Waals surface area (Å²) in [5.41, 5.74) is 6.76. The van der Waals surface area contributed by atoms with Crippen molar-refractivity contribution in [1.29, 1.82) is 0 Å². The maximum atomic E-state index is 5.48. The third-order valence-corrected chi connectivity index (χ3v) is 2.78. The van der Waals surface area contributed by atoms with Gasteiger partial charge in [-0.2, -0.15) is 11.8 Å². The van der Waals surface area contributed by atoms with Crippen LogP contribution in [0.4, 0.5) is 0 Å². The molecule has 2 heteroatoms. The maximum absolute atomic E-state index is 5.48. The Labute approximate surface area is 74.4 Å². The molecular weight excluding hydrogens is 154 g/mol. The van der Waals surface area contributed by atoms with E-state index in [9.17, 15) is 0 Å². The fourth-order valence-corrected chi connectivity index (χ4v) is 1.80. The van der Waals surface area contributed by atoms with E-state index in [4.69, 9.17) is 5.73 Å². The van der Waals surface area contributed by atoms with Crippen molar-refractivity contribution in [2.24, 2.45) is 11.7 Å². The van der Waals surface area contributed by atoms with E-state index < -0.39 is 0 Å². The fourth-order valence-electron chi connectivity index (χ4n) is 0.599. The van der Waals surface area contributed by atoms with Gasteiger partial charge in [0.2, 0.25) is 0 Å². The lowest BCUT2D eigenvalue weighted by Crippen LogP contribution is -2.12. The third kappa shape index (κ3) is 7.95. The molecule has 0 aliphatic carbocycles. The zero-order valence-corrected chi connectivity index (χ0v) is 8.41. The van der Waals surface area contributed by atoms with E-state index in [-0.39, 0.29) is 0 Å². The van der Waals surface area contributed by atoms with Gasteiger partial charge in [-0.1, -0.05) is 12.5 Å². The van der Waals surface area contributed by atoms with Crippen LogP contribution in [0.25, 0.3) is 0 Å². The average Bonchev–Trinajstić information content (AvgIpc) is 1.97. The summed E-state index contributed by atoms with van der Waals surface area (Å²) in [5, 5.41) is 0. The first-order chi connectivity index (χ1) is 5.16. The predicted octanol–water partition coefficient (Wildman–Crippen LogP) is 2.28. The van der Waals surface area contributed by atoms with Crippen LogP contribution in [-0.4, -0.2) is 18.1 Å². The number of hydrogen-bond acceptors (Lipinski definition) is 2. The molecule has 0 aromatic heterocycles. The Balaban J connectivity index is 3.08. The minimum Gasteiger partial charge on any atom is -0.330 e. The molecular formula is C9H19NS. The average molecular weight is 173 g/mol. The fraction of sp³-hybridized carbons (Fsp3) is 0.778. The van der Waals surface area contributed by atoms with Crippen LogP contribution in [0.1, 0.15) is 20.3 Å². The number of hydrogen-bond donors (Lipinski definition) is 1. The highest BCUT2D eigenvalue weighted by Gasteiger charge is 1.97. The van der Waals surface area contributed by atoms with E-state index in [2.05, 4.69) is 20.4 Å². The van der Waals surface area contributed by atoms with Gasteiger partial charge in [0, 0.05) is 0 Å². The molecule has 2 N–H and O–H groups in total. The molecule has 1 nitrogen and oxygen atoms in total. The zero-order valence-electron chi connectivity index (χ0n) is 7.60. The van der Waals surface area contributed by atoms with E-state index >= 15 is 0 Å². The molecule has 1 atom stereocenters. The summed E-state index contributed by atoms with van der Waals surface area (Å²) in [6.45, 7) is 8.92. The quantitative estimate of drug-likeness (QED) is 0.492. The molecule has 0 saturated heterocycles. The Hall–Kier alpha value is 0.0500. The second-order valence-corrected chi connectivity index (χ2v) is 4.27. The topological polar surface area (TPSA) is 26.0 Å². The van der Waals surface area contributed by atoms with E-state index in [1.165, 1.54) is 17.1 Å². The van der Waals surface area contributed by atoms with Gasteiger partial charge in [-0.25, -0.2) is 0 Å². The predicted molar refractivity (Wildman–Crippen MR) is 55.0 cm³/mol. The van der Waals surface area contributed by atoms with Gasteiger partial charge in [0.25, 0.3) is 0 Å². The number of nitrogens with two attached hydrogens (primary N) is 1. The molecule has 0 aliphatic heterocycles. The van der Waals surface area contributed by atoms with Crippen LogP contribution in [0.5, 0.6) is 0 Å². The van der Waals surface area contributed by atoms with Gasteiger partial charge in [0.05, 0.1) is 0 Å². The highest BCUT2D eigenvalue weighted by Crippen LogP contribution is 2.10. The second kappa shape index (κ2) is 6.74. The highest BCUT2D eigenvalue weighted by atomic mass is 32.2. The first-order valence-electron chi connectivity index (χ1n) is 4.09. The lowest BCUT2D eigenvalue weighted by atomic mass is 10.2. The van der Waals surface area contributed by atoms with Crippen molar-refractivity contribution in [3.8, 4) is 0 Å². The van der Waals surface area contributed by atoms with Crippen molar-refractivity contribution in [3.63, 3.8) is 0 Å². The molecule has 0 radical (unpaired) electrons. The van der Waals surface area contributed by atoms with Crippen LogP contribution in [-0.2, 0) is 0 Å². The second-order valence-electron chi connectivity index (χ2n) is 3.12. The molecule has 66 valence electrons. The standard InChI is InChI=1S/C9H19NS/c1-8(2)4-5-11-7-9(3)6-10/h9H,1,4-7,10H2,2-3H3.